The summed E-state index contributed by atoms with van der Waals surface area (Å²) in [5.41, 5.74) is 0.725. The number of allylic oxidation sites excluding steroid dienone is 1. The largest absolute Gasteiger partial charge is 0.461 e. The minimum absolute atomic E-state index is 0.0253. The van der Waals surface area contributed by atoms with Crippen LogP contribution >= 0.6 is 23.1 Å². The van der Waals surface area contributed by atoms with E-state index in [4.69, 9.17) is 9.57 Å². The van der Waals surface area contributed by atoms with Gasteiger partial charge in [-0.05, 0) is 42.1 Å². The van der Waals surface area contributed by atoms with Gasteiger partial charge in [0.25, 0.3) is 5.91 Å². The Morgan fingerprint density at radius 2 is 1.55 bits per heavy atom. The fourth-order valence-electron chi connectivity index (χ4n) is 1.69. The van der Waals surface area contributed by atoms with E-state index in [1.165, 1.54) is 49.4 Å². The van der Waals surface area contributed by atoms with Gasteiger partial charge < -0.3 is 4.74 Å². The molecule has 2 rings (SSSR count). The van der Waals surface area contributed by atoms with Gasteiger partial charge in [-0.15, -0.1) is 0 Å². The zero-order valence-electron chi connectivity index (χ0n) is 16.6. The second-order valence-corrected chi connectivity index (χ2v) is 6.38. The van der Waals surface area contributed by atoms with Crippen LogP contribution in [0.15, 0.2) is 34.7 Å². The van der Waals surface area contributed by atoms with Crippen molar-refractivity contribution in [3.05, 3.63) is 46.1 Å². The maximum absolute atomic E-state index is 11.8. The van der Waals surface area contributed by atoms with E-state index in [0.717, 1.165) is 11.1 Å². The van der Waals surface area contributed by atoms with Crippen LogP contribution in [0.4, 0.5) is 0 Å². The van der Waals surface area contributed by atoms with Crippen molar-refractivity contribution in [3.63, 3.8) is 0 Å². The lowest BCUT2D eigenvalue weighted by atomic mass is 10.2. The van der Waals surface area contributed by atoms with E-state index in [2.05, 4.69) is 13.6 Å². The number of amides is 1. The van der Waals surface area contributed by atoms with Crippen LogP contribution in [0.3, 0.4) is 0 Å². The molecule has 0 aliphatic heterocycles. The molecule has 12 heteroatoms. The quantitative estimate of drug-likeness (QED) is 0.262. The van der Waals surface area contributed by atoms with Gasteiger partial charge >= 0.3 is 5.97 Å². The first kappa shape index (κ1) is 24.4. The van der Waals surface area contributed by atoms with E-state index in [0.29, 0.717) is 5.69 Å². The number of carbonyl (C=O) groups excluding carboxylic acids is 3. The number of carbonyl (C=O) groups is 3. The van der Waals surface area contributed by atoms with Crippen molar-refractivity contribution in [2.75, 3.05) is 34.9 Å². The molecule has 0 saturated carbocycles. The van der Waals surface area contributed by atoms with Gasteiger partial charge in [0.2, 0.25) is 5.78 Å². The number of rotatable bonds is 8. The second-order valence-electron chi connectivity index (χ2n) is 5.05. The molecule has 0 atom stereocenters. The van der Waals surface area contributed by atoms with Gasteiger partial charge in [0.05, 0.1) is 20.8 Å². The van der Waals surface area contributed by atoms with Gasteiger partial charge in [-0.2, -0.15) is 8.75 Å². The standard InChI is InChI=1S/C11H14N2O4S.C6H8N2O2S/c1-4-17-11(15)9(13(2)16-3)7-10(14)8-5-6-18-12-8;1-8(10-2)6(9)5-3-4-11-7-5/h5-7H,4H2,1-3H3;3-4H,1-2H3/b9-7+;. The molecule has 0 spiro atoms. The summed E-state index contributed by atoms with van der Waals surface area (Å²) < 4.78 is 12.6. The average Bonchev–Trinajstić information content (AvgIpc) is 3.44. The zero-order valence-corrected chi connectivity index (χ0v) is 18.3. The van der Waals surface area contributed by atoms with E-state index in [9.17, 15) is 14.4 Å². The van der Waals surface area contributed by atoms with Crippen molar-refractivity contribution >= 4 is 40.7 Å². The van der Waals surface area contributed by atoms with Crippen LogP contribution < -0.4 is 0 Å². The highest BCUT2D eigenvalue weighted by atomic mass is 32.1. The third-order valence-electron chi connectivity index (χ3n) is 3.27. The van der Waals surface area contributed by atoms with E-state index in [-0.39, 0.29) is 29.7 Å². The molecule has 1 amide bonds. The third-order valence-corrected chi connectivity index (χ3v) is 4.39. The molecule has 0 N–H and O–H groups in total. The molecule has 0 saturated heterocycles. The lowest BCUT2D eigenvalue weighted by molar-refractivity contribution is -0.149. The monoisotopic (exact) mass is 442 g/mol. The summed E-state index contributed by atoms with van der Waals surface area (Å²) in [7, 11) is 5.88. The number of hydrogen-bond acceptors (Lipinski definition) is 11. The molecule has 0 aromatic carbocycles. The van der Waals surface area contributed by atoms with Crippen LogP contribution in [-0.2, 0) is 19.2 Å². The molecule has 0 aliphatic rings. The highest BCUT2D eigenvalue weighted by Crippen LogP contribution is 2.09. The maximum atomic E-state index is 11.8. The van der Waals surface area contributed by atoms with Gasteiger partial charge in [-0.25, -0.2) is 9.86 Å². The molecule has 29 heavy (non-hydrogen) atoms. The van der Waals surface area contributed by atoms with Gasteiger partial charge in [-0.1, -0.05) is 0 Å². The Morgan fingerprint density at radius 3 is 2.00 bits per heavy atom. The molecular formula is C17H22N4O6S2. The molecule has 2 aromatic heterocycles. The fraction of sp³-hybridized carbons (Fsp3) is 0.353. The van der Waals surface area contributed by atoms with Crippen LogP contribution in [0.5, 0.6) is 0 Å². The smallest absolute Gasteiger partial charge is 0.357 e. The lowest BCUT2D eigenvalue weighted by Crippen LogP contribution is -2.25. The van der Waals surface area contributed by atoms with Crippen molar-refractivity contribution in [2.45, 2.75) is 6.92 Å². The number of esters is 1. The number of likely N-dealkylation sites (N-methyl/N-ethyl adjacent to an activating group) is 1. The maximum Gasteiger partial charge on any atom is 0.357 e. The Hall–Kier alpha value is -2.67. The topological polar surface area (TPSA) is 111 Å². The van der Waals surface area contributed by atoms with Crippen molar-refractivity contribution in [3.8, 4) is 0 Å². The number of ether oxygens (including phenoxy) is 1. The molecule has 0 fully saturated rings. The number of hydroxylamine groups is 4. The zero-order chi connectivity index (χ0) is 21.8. The second kappa shape index (κ2) is 12.7. The van der Waals surface area contributed by atoms with Crippen LogP contribution in [0.25, 0.3) is 0 Å². The summed E-state index contributed by atoms with van der Waals surface area (Å²) in [6.45, 7) is 1.91. The summed E-state index contributed by atoms with van der Waals surface area (Å²) in [4.78, 5) is 44.2. The lowest BCUT2D eigenvalue weighted by Gasteiger charge is -2.17. The van der Waals surface area contributed by atoms with Gasteiger partial charge in [-0.3, -0.25) is 24.3 Å². The SMILES string of the molecule is CCOC(=O)/C(=C\C(=O)c1ccsn1)N(C)OC.CON(C)C(=O)c1ccsn1. The molecule has 10 nitrogen and oxygen atoms in total. The first-order valence-electron chi connectivity index (χ1n) is 8.19. The van der Waals surface area contributed by atoms with E-state index < -0.39 is 5.97 Å². The molecule has 0 bridgehead atoms. The van der Waals surface area contributed by atoms with Gasteiger partial charge in [0, 0.05) is 30.9 Å². The molecular weight excluding hydrogens is 420 g/mol. The Bertz CT molecular complexity index is 808. The molecule has 158 valence electrons. The van der Waals surface area contributed by atoms with E-state index in [1.807, 2.05) is 0 Å². The van der Waals surface area contributed by atoms with Crippen molar-refractivity contribution in [1.29, 1.82) is 0 Å². The summed E-state index contributed by atoms with van der Waals surface area (Å²) >= 11 is 2.41. The van der Waals surface area contributed by atoms with Crippen LogP contribution in [0.1, 0.15) is 27.9 Å². The molecule has 0 unspecified atom stereocenters. The summed E-state index contributed by atoms with van der Waals surface area (Å²) in [6.07, 6.45) is 1.15. The average molecular weight is 443 g/mol. The van der Waals surface area contributed by atoms with Crippen molar-refractivity contribution in [2.24, 2.45) is 0 Å². The van der Waals surface area contributed by atoms with Gasteiger partial charge in [0.15, 0.2) is 5.70 Å². The van der Waals surface area contributed by atoms with Crippen LogP contribution in [-0.4, -0.2) is 71.5 Å². The Labute approximate surface area is 176 Å². The predicted octanol–water partition coefficient (Wildman–Crippen LogP) is 2.04. The highest BCUT2D eigenvalue weighted by Gasteiger charge is 2.18. The summed E-state index contributed by atoms with van der Waals surface area (Å²) in [6, 6.07) is 3.24. The number of nitrogens with zero attached hydrogens (tertiary/aromatic N) is 4. The summed E-state index contributed by atoms with van der Waals surface area (Å²) in [5, 5.41) is 5.74. The van der Waals surface area contributed by atoms with Crippen molar-refractivity contribution in [1.82, 2.24) is 18.9 Å². The molecule has 2 heterocycles. The fourth-order valence-corrected chi connectivity index (χ4v) is 2.70. The predicted molar refractivity (Wildman–Crippen MR) is 107 cm³/mol. The molecule has 2 aromatic rings. The Morgan fingerprint density at radius 1 is 1.00 bits per heavy atom. The Kier molecular flexibility index (Phi) is 10.7. The van der Waals surface area contributed by atoms with Crippen LogP contribution in [0.2, 0.25) is 0 Å². The minimum Gasteiger partial charge on any atom is -0.461 e. The highest BCUT2D eigenvalue weighted by molar-refractivity contribution is 7.03. The van der Waals surface area contributed by atoms with Crippen molar-refractivity contribution < 1.29 is 28.8 Å². The van der Waals surface area contributed by atoms with Crippen LogP contribution in [0, 0.1) is 0 Å². The minimum atomic E-state index is -0.620. The first-order chi connectivity index (χ1) is 13.8. The normalized spacial score (nSPS) is 10.6. The summed E-state index contributed by atoms with van der Waals surface area (Å²) in [5.74, 6) is -1.22. The first-order valence-corrected chi connectivity index (χ1v) is 9.86. The van der Waals surface area contributed by atoms with Gasteiger partial charge in [0.1, 0.15) is 11.4 Å². The third kappa shape index (κ3) is 7.69. The van der Waals surface area contributed by atoms with E-state index >= 15 is 0 Å². The van der Waals surface area contributed by atoms with E-state index in [1.54, 1.807) is 36.9 Å². The number of hydrogen-bond donors (Lipinski definition) is 0. The molecule has 0 aliphatic carbocycles. The Balaban J connectivity index is 0.000000326. The molecule has 0 radical (unpaired) electrons. The number of aromatic nitrogens is 2. The number of ketones is 1.